The zero-order valence-electron chi connectivity index (χ0n) is 16.8. The van der Waals surface area contributed by atoms with Crippen LogP contribution in [0.1, 0.15) is 13.3 Å². The molecule has 0 amide bonds. The van der Waals surface area contributed by atoms with Crippen LogP contribution in [0.25, 0.3) is 0 Å². The summed E-state index contributed by atoms with van der Waals surface area (Å²) < 4.78 is 21.0. The molecule has 0 aromatic rings. The number of hydrogen-bond donors (Lipinski definition) is 9. The second-order valence-corrected chi connectivity index (χ2v) is 7.67. The minimum atomic E-state index is -2.51. The summed E-state index contributed by atoms with van der Waals surface area (Å²) in [5.74, 6) is -5.01. The van der Waals surface area contributed by atoms with Gasteiger partial charge in [0.05, 0.1) is 32.2 Å². The van der Waals surface area contributed by atoms with Crippen molar-refractivity contribution >= 4 is 5.97 Å². The number of carbonyl (C=O) groups is 1. The first kappa shape index (κ1) is 26.2. The van der Waals surface area contributed by atoms with Crippen LogP contribution in [-0.2, 0) is 23.7 Å². The molecule has 0 bridgehead atoms. The predicted molar refractivity (Wildman–Crippen MR) is 96.9 cm³/mol. The maximum atomic E-state index is 12.0. The normalized spacial score (nSPS) is 43.4. The van der Waals surface area contributed by atoms with Crippen molar-refractivity contribution in [2.75, 3.05) is 19.9 Å². The highest BCUT2D eigenvalue weighted by Gasteiger charge is 2.55. The first-order valence-electron chi connectivity index (χ1n) is 9.70. The zero-order valence-corrected chi connectivity index (χ0v) is 16.8. The standard InChI is InChI=1S/C17H31NO13/c1-6-7(20)2-17(16(26)27,31-14(6)10(22)8(21)3-19)29-4-9-11(23)12(24)13(25)15(30-9)28-5-18/h6-15,19-25H,2-5,18H2,1H3,(H,26,27)/t6-,7-,8-,9?,10-,11+,12+,13?,14?,15+,17-/m1/s1. The molecule has 0 spiro atoms. The summed E-state index contributed by atoms with van der Waals surface area (Å²) in [6, 6.07) is 0. The van der Waals surface area contributed by atoms with Gasteiger partial charge in [0.1, 0.15) is 36.6 Å². The molecule has 0 aromatic carbocycles. The Morgan fingerprint density at radius 1 is 1.19 bits per heavy atom. The van der Waals surface area contributed by atoms with Gasteiger partial charge in [-0.05, 0) is 0 Å². The van der Waals surface area contributed by atoms with Crippen molar-refractivity contribution in [3.05, 3.63) is 0 Å². The van der Waals surface area contributed by atoms with Crippen molar-refractivity contribution in [1.29, 1.82) is 0 Å². The Hall–Kier alpha value is -1.01. The molecule has 0 aliphatic carbocycles. The molecule has 2 rings (SSSR count). The van der Waals surface area contributed by atoms with Crippen LogP contribution in [0.5, 0.6) is 0 Å². The van der Waals surface area contributed by atoms with Gasteiger partial charge in [0, 0.05) is 12.3 Å². The van der Waals surface area contributed by atoms with E-state index < -0.39 is 92.4 Å². The van der Waals surface area contributed by atoms with E-state index in [1.807, 2.05) is 0 Å². The number of rotatable bonds is 9. The molecule has 10 N–H and O–H groups in total. The van der Waals surface area contributed by atoms with E-state index in [-0.39, 0.29) is 6.73 Å². The van der Waals surface area contributed by atoms with Crippen molar-refractivity contribution in [1.82, 2.24) is 0 Å². The summed E-state index contributed by atoms with van der Waals surface area (Å²) >= 11 is 0. The Kier molecular flexibility index (Phi) is 9.09. The minimum Gasteiger partial charge on any atom is -0.477 e. The molecule has 2 saturated heterocycles. The van der Waals surface area contributed by atoms with E-state index in [0.717, 1.165) is 0 Å². The Morgan fingerprint density at radius 3 is 2.39 bits per heavy atom. The number of hydrogen-bond acceptors (Lipinski definition) is 13. The lowest BCUT2D eigenvalue weighted by Gasteiger charge is -2.46. The van der Waals surface area contributed by atoms with Crippen molar-refractivity contribution < 1.29 is 64.6 Å². The summed E-state index contributed by atoms with van der Waals surface area (Å²) in [7, 11) is 0. The molecule has 0 radical (unpaired) electrons. The van der Waals surface area contributed by atoms with E-state index in [1.165, 1.54) is 6.92 Å². The van der Waals surface area contributed by atoms with Crippen LogP contribution in [0.2, 0.25) is 0 Å². The molecule has 14 heteroatoms. The summed E-state index contributed by atoms with van der Waals surface area (Å²) in [6.45, 7) is -0.449. The molecule has 0 aromatic heterocycles. The fourth-order valence-corrected chi connectivity index (χ4v) is 3.56. The van der Waals surface area contributed by atoms with Gasteiger partial charge in [-0.3, -0.25) is 0 Å². The van der Waals surface area contributed by atoms with Gasteiger partial charge in [-0.1, -0.05) is 6.92 Å². The van der Waals surface area contributed by atoms with Gasteiger partial charge in [-0.15, -0.1) is 0 Å². The van der Waals surface area contributed by atoms with Crippen molar-refractivity contribution in [2.24, 2.45) is 11.7 Å². The van der Waals surface area contributed by atoms with E-state index in [2.05, 4.69) is 0 Å². The molecule has 2 fully saturated rings. The van der Waals surface area contributed by atoms with Crippen LogP contribution < -0.4 is 5.73 Å². The molecule has 2 heterocycles. The highest BCUT2D eigenvalue weighted by molar-refractivity contribution is 5.76. The Labute approximate surface area is 177 Å². The fourth-order valence-electron chi connectivity index (χ4n) is 3.56. The third-order valence-electron chi connectivity index (χ3n) is 5.58. The Morgan fingerprint density at radius 2 is 1.84 bits per heavy atom. The molecule has 31 heavy (non-hydrogen) atoms. The van der Waals surface area contributed by atoms with Crippen LogP contribution in [0.3, 0.4) is 0 Å². The molecule has 3 unspecified atom stereocenters. The van der Waals surface area contributed by atoms with E-state index in [4.69, 9.17) is 29.8 Å². The highest BCUT2D eigenvalue weighted by atomic mass is 16.7. The van der Waals surface area contributed by atoms with Gasteiger partial charge >= 0.3 is 5.97 Å². The van der Waals surface area contributed by atoms with E-state index in [9.17, 15) is 40.5 Å². The number of aliphatic hydroxyl groups is 7. The quantitative estimate of drug-likeness (QED) is 0.147. The van der Waals surface area contributed by atoms with Crippen LogP contribution in [-0.4, -0.2) is 128 Å². The van der Waals surface area contributed by atoms with E-state index in [1.54, 1.807) is 0 Å². The summed E-state index contributed by atoms with van der Waals surface area (Å²) in [4.78, 5) is 12.0. The molecule has 182 valence electrons. The lowest BCUT2D eigenvalue weighted by Crippen LogP contribution is -2.63. The van der Waals surface area contributed by atoms with Gasteiger partial charge in [-0.25, -0.2) is 4.79 Å². The first-order chi connectivity index (χ1) is 14.5. The number of aliphatic carboxylic acids is 1. The highest BCUT2D eigenvalue weighted by Crippen LogP contribution is 2.37. The molecule has 2 aliphatic rings. The zero-order chi connectivity index (χ0) is 23.5. The largest absolute Gasteiger partial charge is 0.477 e. The third-order valence-corrected chi connectivity index (χ3v) is 5.58. The molecular weight excluding hydrogens is 426 g/mol. The lowest BCUT2D eigenvalue weighted by atomic mass is 9.84. The third kappa shape index (κ3) is 5.50. The second-order valence-electron chi connectivity index (χ2n) is 7.67. The molecular formula is C17H31NO13. The summed E-state index contributed by atoms with van der Waals surface area (Å²) in [5, 5.41) is 79.0. The van der Waals surface area contributed by atoms with Gasteiger partial charge < -0.3 is 65.5 Å². The van der Waals surface area contributed by atoms with Gasteiger partial charge in [0.2, 0.25) is 0 Å². The van der Waals surface area contributed by atoms with Crippen LogP contribution in [0.4, 0.5) is 0 Å². The van der Waals surface area contributed by atoms with Crippen molar-refractivity contribution in [3.63, 3.8) is 0 Å². The van der Waals surface area contributed by atoms with Crippen molar-refractivity contribution in [2.45, 2.75) is 74.3 Å². The SMILES string of the molecule is C[C@H]1C([C@H](O)[C@H](O)CO)O[C@@](OCC2O[C@H](OCN)C(O)[C@@H](O)[C@H]2O)(C(=O)O)C[C@H]1O. The predicted octanol–water partition coefficient (Wildman–Crippen LogP) is -4.98. The van der Waals surface area contributed by atoms with E-state index in [0.29, 0.717) is 0 Å². The van der Waals surface area contributed by atoms with Gasteiger partial charge in [-0.2, -0.15) is 0 Å². The summed E-state index contributed by atoms with van der Waals surface area (Å²) in [6.07, 6.45) is -14.6. The Bertz CT molecular complexity index is 596. The number of aliphatic hydroxyl groups excluding tert-OH is 7. The number of ether oxygens (including phenoxy) is 4. The number of carboxylic acids is 1. The van der Waals surface area contributed by atoms with Crippen LogP contribution in [0, 0.1) is 5.92 Å². The van der Waals surface area contributed by atoms with Crippen LogP contribution in [0.15, 0.2) is 0 Å². The maximum Gasteiger partial charge on any atom is 0.364 e. The topological polar surface area (TPSA) is 242 Å². The molecule has 14 nitrogen and oxygen atoms in total. The molecule has 2 aliphatic heterocycles. The van der Waals surface area contributed by atoms with Gasteiger partial charge in [0.15, 0.2) is 6.29 Å². The van der Waals surface area contributed by atoms with Gasteiger partial charge in [0.25, 0.3) is 5.79 Å². The van der Waals surface area contributed by atoms with Crippen molar-refractivity contribution in [3.8, 4) is 0 Å². The number of carboxylic acid groups (broad SMARTS) is 1. The fraction of sp³-hybridized carbons (Fsp3) is 0.941. The number of nitrogens with two attached hydrogens (primary N) is 1. The maximum absolute atomic E-state index is 12.0. The average Bonchev–Trinajstić information content (AvgIpc) is 2.74. The Balaban J connectivity index is 2.19. The summed E-state index contributed by atoms with van der Waals surface area (Å²) in [5.41, 5.74) is 5.23. The van der Waals surface area contributed by atoms with E-state index >= 15 is 0 Å². The van der Waals surface area contributed by atoms with Crippen LogP contribution >= 0.6 is 0 Å². The smallest absolute Gasteiger partial charge is 0.364 e. The second kappa shape index (κ2) is 10.7. The first-order valence-corrected chi connectivity index (χ1v) is 9.70. The average molecular weight is 457 g/mol. The monoisotopic (exact) mass is 457 g/mol. The molecule has 0 saturated carbocycles. The molecule has 11 atom stereocenters. The lowest BCUT2D eigenvalue weighted by molar-refractivity contribution is -0.342. The minimum absolute atomic E-state index is 0.378.